The van der Waals surface area contributed by atoms with Gasteiger partial charge in [-0.1, -0.05) is 24.3 Å². The molecule has 7 nitrogen and oxygen atoms in total. The van der Waals surface area contributed by atoms with E-state index in [1.165, 1.54) is 24.3 Å². The van der Waals surface area contributed by atoms with Crippen molar-refractivity contribution in [3.8, 4) is 18.1 Å². The van der Waals surface area contributed by atoms with Crippen LogP contribution in [0.3, 0.4) is 0 Å². The Labute approximate surface area is 224 Å². The van der Waals surface area contributed by atoms with Crippen molar-refractivity contribution in [2.24, 2.45) is 0 Å². The number of aliphatic hydroxyl groups is 1. The number of alkyl halides is 3. The van der Waals surface area contributed by atoms with Gasteiger partial charge in [-0.3, -0.25) is 9.59 Å². The molecule has 0 spiro atoms. The fourth-order valence-corrected chi connectivity index (χ4v) is 4.14. The highest BCUT2D eigenvalue weighted by molar-refractivity contribution is 5.88. The topological polar surface area (TPSA) is 99.7 Å². The van der Waals surface area contributed by atoms with Gasteiger partial charge in [0.15, 0.2) is 11.6 Å². The van der Waals surface area contributed by atoms with E-state index in [0.717, 1.165) is 12.1 Å². The summed E-state index contributed by atoms with van der Waals surface area (Å²) in [6, 6.07) is 7.13. The number of ether oxygens (including phenoxy) is 1. The molecule has 0 aliphatic carbocycles. The summed E-state index contributed by atoms with van der Waals surface area (Å²) in [5.41, 5.74) is 0.0309. The fourth-order valence-electron chi connectivity index (χ4n) is 4.14. The summed E-state index contributed by atoms with van der Waals surface area (Å²) >= 11 is 0. The molecule has 2 aromatic carbocycles. The molecule has 11 heteroatoms. The smallest absolute Gasteiger partial charge is 0.416 e. The highest BCUT2D eigenvalue weighted by Gasteiger charge is 2.30. The first-order valence-corrected chi connectivity index (χ1v) is 12.6. The molecule has 4 rings (SSSR count). The van der Waals surface area contributed by atoms with Crippen LogP contribution in [0.15, 0.2) is 42.5 Å². The summed E-state index contributed by atoms with van der Waals surface area (Å²) < 4.78 is 59.1. The van der Waals surface area contributed by atoms with E-state index in [2.05, 4.69) is 21.9 Å². The minimum Gasteiger partial charge on any atom is -0.491 e. The molecular formula is C28H31F4N3O4. The van der Waals surface area contributed by atoms with Crippen LogP contribution in [-0.2, 0) is 28.7 Å². The molecule has 2 aliphatic heterocycles. The molecular weight excluding hydrogens is 518 g/mol. The molecule has 4 N–H and O–H groups in total. The maximum absolute atomic E-state index is 14.6. The Bertz CT molecular complexity index is 1180. The van der Waals surface area contributed by atoms with Crippen LogP contribution >= 0.6 is 0 Å². The summed E-state index contributed by atoms with van der Waals surface area (Å²) in [5.74, 6) is 0.801. The quantitative estimate of drug-likeness (QED) is 0.328. The van der Waals surface area contributed by atoms with Crippen molar-refractivity contribution in [2.45, 2.75) is 63.0 Å². The highest BCUT2D eigenvalue weighted by atomic mass is 19.4. The van der Waals surface area contributed by atoms with E-state index in [0.29, 0.717) is 24.0 Å². The van der Waals surface area contributed by atoms with Crippen molar-refractivity contribution >= 4 is 11.8 Å². The molecule has 0 fully saturated rings. The molecule has 0 radical (unpaired) electrons. The van der Waals surface area contributed by atoms with Gasteiger partial charge in [0, 0.05) is 25.9 Å². The normalized spacial score (nSPS) is 19.9. The number of nitrogens with one attached hydrogen (secondary N) is 3. The Morgan fingerprint density at radius 1 is 1.15 bits per heavy atom. The molecule has 2 aliphatic rings. The van der Waals surface area contributed by atoms with E-state index >= 15 is 0 Å². The number of benzene rings is 2. The van der Waals surface area contributed by atoms with Crippen molar-refractivity contribution in [1.29, 1.82) is 0 Å². The predicted octanol–water partition coefficient (Wildman–Crippen LogP) is 3.09. The Kier molecular flexibility index (Phi) is 10.7. The lowest BCUT2D eigenvalue weighted by Gasteiger charge is -2.27. The highest BCUT2D eigenvalue weighted by Crippen LogP contribution is 2.29. The number of rotatable bonds is 6. The summed E-state index contributed by atoms with van der Waals surface area (Å²) in [6.07, 6.45) is 0.695. The fraction of sp³-hybridized carbons (Fsp3) is 0.429. The van der Waals surface area contributed by atoms with Crippen LogP contribution in [0.4, 0.5) is 17.6 Å². The Hall–Kier alpha value is -3.62. The van der Waals surface area contributed by atoms with Gasteiger partial charge in [0.05, 0.1) is 24.3 Å². The van der Waals surface area contributed by atoms with E-state index in [1.54, 1.807) is 6.07 Å². The second-order valence-electron chi connectivity index (χ2n) is 9.31. The first-order valence-electron chi connectivity index (χ1n) is 12.6. The largest absolute Gasteiger partial charge is 0.491 e. The number of carbonyl (C=O) groups is 2. The number of aliphatic hydroxyl groups excluding tert-OH is 1. The minimum atomic E-state index is -4.48. The van der Waals surface area contributed by atoms with Crippen LogP contribution in [0.25, 0.3) is 0 Å². The summed E-state index contributed by atoms with van der Waals surface area (Å²) in [6.45, 7) is 0.131. The second-order valence-corrected chi connectivity index (χ2v) is 9.31. The Morgan fingerprint density at radius 3 is 2.67 bits per heavy atom. The van der Waals surface area contributed by atoms with Crippen LogP contribution in [0.1, 0.15) is 42.4 Å². The number of fused-ring (bicyclic) bond motifs is 13. The molecule has 2 bridgehead atoms. The Morgan fingerprint density at radius 2 is 1.95 bits per heavy atom. The lowest BCUT2D eigenvalue weighted by atomic mass is 9.99. The van der Waals surface area contributed by atoms with E-state index in [4.69, 9.17) is 11.2 Å². The van der Waals surface area contributed by atoms with Crippen LogP contribution in [0.5, 0.6) is 5.75 Å². The molecule has 2 amide bonds. The van der Waals surface area contributed by atoms with Gasteiger partial charge in [-0.05, 0) is 48.6 Å². The molecule has 0 saturated carbocycles. The zero-order chi connectivity index (χ0) is 28.4. The molecule has 210 valence electrons. The summed E-state index contributed by atoms with van der Waals surface area (Å²) in [5, 5.41) is 19.1. The lowest BCUT2D eigenvalue weighted by Crippen LogP contribution is -2.54. The number of halogens is 4. The van der Waals surface area contributed by atoms with Gasteiger partial charge in [-0.15, -0.1) is 12.3 Å². The molecule has 0 saturated heterocycles. The van der Waals surface area contributed by atoms with Crippen molar-refractivity contribution in [1.82, 2.24) is 16.0 Å². The molecule has 3 atom stereocenters. The van der Waals surface area contributed by atoms with Gasteiger partial charge in [0.1, 0.15) is 6.04 Å². The Balaban J connectivity index is 1.77. The third-order valence-electron chi connectivity index (χ3n) is 6.21. The van der Waals surface area contributed by atoms with Gasteiger partial charge in [-0.25, -0.2) is 4.39 Å². The van der Waals surface area contributed by atoms with Gasteiger partial charge in [0.25, 0.3) is 0 Å². The van der Waals surface area contributed by atoms with Crippen LogP contribution in [0.2, 0.25) is 0 Å². The van der Waals surface area contributed by atoms with E-state index in [1.807, 2.05) is 0 Å². The predicted molar refractivity (Wildman–Crippen MR) is 136 cm³/mol. The number of carbonyl (C=O) groups excluding carboxylic acids is 2. The molecule has 0 aromatic heterocycles. The van der Waals surface area contributed by atoms with E-state index < -0.39 is 41.7 Å². The van der Waals surface area contributed by atoms with Crippen molar-refractivity contribution in [3.63, 3.8) is 0 Å². The number of amides is 2. The van der Waals surface area contributed by atoms with Crippen molar-refractivity contribution in [2.75, 3.05) is 13.2 Å². The maximum atomic E-state index is 14.6. The third-order valence-corrected chi connectivity index (χ3v) is 6.21. The maximum Gasteiger partial charge on any atom is 0.416 e. The monoisotopic (exact) mass is 549 g/mol. The second kappa shape index (κ2) is 14.0. The minimum absolute atomic E-state index is 0.0199. The molecule has 39 heavy (non-hydrogen) atoms. The van der Waals surface area contributed by atoms with E-state index in [-0.39, 0.29) is 50.6 Å². The van der Waals surface area contributed by atoms with Gasteiger partial charge in [-0.2, -0.15) is 13.2 Å². The molecule has 2 aromatic rings. The summed E-state index contributed by atoms with van der Waals surface area (Å²) in [4.78, 5) is 25.4. The third kappa shape index (κ3) is 9.26. The average molecular weight is 550 g/mol. The zero-order valence-electron chi connectivity index (χ0n) is 21.2. The van der Waals surface area contributed by atoms with Gasteiger partial charge < -0.3 is 25.8 Å². The standard InChI is InChI=1S/C28H31F4N3O4/c1-2-6-22-27(38)35-23(24(36)17-33-16-19-7-5-8-20(13-19)28(30,31)32)15-18-10-11-25(21(29)14-18)39-12-4-3-9-26(37)34-22/h1,5,7-8,10-11,13-14,22-24,33,36H,3-4,6,9,12,15-17H2,(H,34,37)(H,35,38)/t22-,23-,24+/m0/s1. The van der Waals surface area contributed by atoms with Gasteiger partial charge >= 0.3 is 6.18 Å². The number of hydrogen-bond acceptors (Lipinski definition) is 5. The first kappa shape index (κ1) is 29.9. The average Bonchev–Trinajstić information content (AvgIpc) is 2.88. The van der Waals surface area contributed by atoms with Gasteiger partial charge in [0.2, 0.25) is 11.8 Å². The van der Waals surface area contributed by atoms with Crippen LogP contribution in [0, 0.1) is 18.2 Å². The SMILES string of the molecule is C#CC[C@@H]1NC(=O)CCCCOc2ccc(cc2F)C[C@@H]([C@H](O)CNCc2cccc(C(F)(F)F)c2)NC1=O. The van der Waals surface area contributed by atoms with Crippen LogP contribution < -0.4 is 20.7 Å². The van der Waals surface area contributed by atoms with Crippen LogP contribution in [-0.4, -0.2) is 48.3 Å². The van der Waals surface area contributed by atoms with Crippen molar-refractivity contribution < 1.29 is 37.0 Å². The summed E-state index contributed by atoms with van der Waals surface area (Å²) in [7, 11) is 0. The molecule has 0 unspecified atom stereocenters. The van der Waals surface area contributed by atoms with Crippen molar-refractivity contribution in [3.05, 3.63) is 65.0 Å². The first-order chi connectivity index (χ1) is 18.6. The molecule has 2 heterocycles. The number of terminal acetylenes is 1. The zero-order valence-corrected chi connectivity index (χ0v) is 21.2. The van der Waals surface area contributed by atoms with E-state index in [9.17, 15) is 32.3 Å². The number of hydrogen-bond donors (Lipinski definition) is 4. The lowest BCUT2D eigenvalue weighted by molar-refractivity contribution is -0.137.